The van der Waals surface area contributed by atoms with E-state index in [9.17, 15) is 38.4 Å². The number of nitrogens with two attached hydrogens (primary N) is 1. The number of halogens is 3. The number of imidazole rings is 2. The standard InChI is InChI=1S/C30H44N2O3.C28H40N4O2.C26H36N4O2.C23H35N3.C5H7NO3.Cl3OP.Na.H2O/c1-2-35-30(34)14-13-28(33)18-23-9-3-4-12-29(23)31-24-19-25-10-6-11-26(20-24)32(25)27-16-21-7-5-8-22(15-21)17-27;1-2-34-27(33)18-29-28-30-25-11-3-4-12-26(25)32(28)24-16-21-9-6-10-22(17-24)31(21)23-14-19-7-5-8-20(13-19)15-23;31-25(32)16-27-26-28-23-9-1-2-10-24(23)30(26)22-14-19-7-4-8-20(15-22)29(19)21-12-17-5-3-6-18(11-17)13-21;24-22-9-1-2-10-23(22)25-18-14-19-7-4-8-20(15-18)26(19)21-12-16-5-3-6-17(11-16)13-21;1-2-9-5(8)3-6-4-7;1-5(2,3)4;;/h3-4,9,12,21-22,24-27,31H,2,5-8,10-11,13-20H2,1H3;3-4,11-12,19-24H,2,5-10,13-18H2,1H3,(H,29,30);1-2,9-10,17-22H,3-8,11-16H2,(H,27,28)(H,31,32);1-2,9-10,16-21,25H,3-8,11-15,24H2;2-3H2,1H3;;;1H2/q;;;;;;+1;/p-1/t21-,22+,24?,25-,26+,27?;19-,20+,21-,22+,23?,24?;17-,18+,19-,20+,21?,22?;16-,17+,18?,19-,20+,21?;;;;. The first-order valence-electron chi connectivity index (χ1n) is 55.4. The number of carbonyl (C=O) groups excluding carboxylic acids is 5. The molecule has 16 fully saturated rings. The van der Waals surface area contributed by atoms with Crippen LogP contribution in [0.25, 0.3) is 22.1 Å². The van der Waals surface area contributed by atoms with Crippen LogP contribution >= 0.6 is 38.9 Å². The number of esters is 3. The van der Waals surface area contributed by atoms with E-state index in [0.717, 1.165) is 148 Å². The van der Waals surface area contributed by atoms with E-state index in [4.69, 9.17) is 25.2 Å². The molecule has 8 aliphatic carbocycles. The topological polar surface area (TPSA) is 333 Å². The summed E-state index contributed by atoms with van der Waals surface area (Å²) in [5, 5.41) is 20.1. The van der Waals surface area contributed by atoms with Crippen LogP contribution in [0.15, 0.2) is 102 Å². The molecule has 8 unspecified atom stereocenters. The van der Waals surface area contributed by atoms with Crippen molar-refractivity contribution < 1.29 is 87.7 Å². The average Bonchev–Trinajstić information content (AvgIpc) is 1.70. The van der Waals surface area contributed by atoms with Gasteiger partial charge in [0.05, 0.1) is 59.7 Å². The molecule has 24 atom stereocenters. The van der Waals surface area contributed by atoms with E-state index in [2.05, 4.69) is 154 Å². The summed E-state index contributed by atoms with van der Waals surface area (Å²) in [5.74, 6) is 7.71. The molecule has 0 radical (unpaired) electrons. The molecular formula is C112H163Cl3N14NaO12P. The third kappa shape index (κ3) is 29.7. The Morgan fingerprint density at radius 1 is 0.406 bits per heavy atom. The maximum Gasteiger partial charge on any atom is 1.00 e. The molecular weight excluding hydrogens is 1890 g/mol. The molecule has 780 valence electrons. The number of Topliss-reactive ketones (excluding diaryl/α,β-unsaturated/α-hetero) is 1. The summed E-state index contributed by atoms with van der Waals surface area (Å²) in [5.41, 5.74) is 14.6. The first-order chi connectivity index (χ1) is 68.5. The Bertz CT molecular complexity index is 5110. The maximum absolute atomic E-state index is 12.6. The molecule has 8 saturated carbocycles. The molecule has 143 heavy (non-hydrogen) atoms. The van der Waals surface area contributed by atoms with Crippen LogP contribution in [-0.2, 0) is 54.0 Å². The number of ether oxygens (including phenoxy) is 3. The Hall–Kier alpha value is -6.35. The maximum atomic E-state index is 12.6. The number of carbonyl (C=O) groups is 5. The molecule has 31 heteroatoms. The number of hydrogen-bond acceptors (Lipinski definition) is 23. The van der Waals surface area contributed by atoms with Gasteiger partial charge in [-0.2, -0.15) is 4.99 Å². The van der Waals surface area contributed by atoms with Gasteiger partial charge in [-0.1, -0.05) is 157 Å². The van der Waals surface area contributed by atoms with Crippen molar-refractivity contribution in [2.75, 3.05) is 66.5 Å². The number of benzene rings is 4. The van der Waals surface area contributed by atoms with E-state index in [0.29, 0.717) is 86.7 Å². The molecule has 2 aromatic heterocycles. The first kappa shape index (κ1) is 111. The van der Waals surface area contributed by atoms with Crippen molar-refractivity contribution in [2.45, 2.75) is 419 Å². The molecule has 10 heterocycles. The zero-order valence-electron chi connectivity index (χ0n) is 85.7. The number of isocyanates is 1. The van der Waals surface area contributed by atoms with Gasteiger partial charge in [0.15, 0.2) is 0 Å². The number of carboxylic acids is 1. The van der Waals surface area contributed by atoms with Crippen LogP contribution in [0.4, 0.5) is 29.0 Å². The SMILES string of the molecule is CCOC(=O)CCC(=O)Cc1ccccc1NC1C[C@H]2CCC[C@@H](C1)N2C1C[C@H]2CCC[C@@H](C1)C2.CCOC(=O)CN=C=O.CCOC(=O)CNc1nc2ccccc2n1C1C[C@H]2CCC[C@@H](C1)N2C1C[C@H]2CCC[C@@H](C1)C2.Nc1ccccc1NC1C[C@H]2CCC[C@@H](C1)N2C1C[C@H]2CCC[C@@H](C1)C2.O=C(O)CNc1nc2ccccc2n1C1C[C@H]2CCC[C@@H](C1)N2C1C[C@H]2CCC[C@@H](C1)C2.O=P(Cl)(Cl)Cl.[Na+].[OH-]. The second-order valence-corrected chi connectivity index (χ2v) is 51.7. The second-order valence-electron chi connectivity index (χ2n) is 45.1. The van der Waals surface area contributed by atoms with Crippen molar-refractivity contribution in [1.29, 1.82) is 0 Å². The minimum absolute atomic E-state index is 0. The van der Waals surface area contributed by atoms with Gasteiger partial charge in [-0.15, -0.1) is 0 Å². The third-order valence-corrected chi connectivity index (χ3v) is 35.8. The molecule has 26 nitrogen and oxygen atoms in total. The average molecular weight is 2060 g/mol. The number of hydrogen-bond donors (Lipinski definition) is 6. The van der Waals surface area contributed by atoms with Crippen LogP contribution in [0.5, 0.6) is 0 Å². The van der Waals surface area contributed by atoms with Gasteiger partial charge < -0.3 is 60.9 Å². The van der Waals surface area contributed by atoms with Gasteiger partial charge in [-0.25, -0.2) is 14.8 Å². The zero-order chi connectivity index (χ0) is 98.0. The van der Waals surface area contributed by atoms with Crippen molar-refractivity contribution in [2.24, 2.45) is 52.3 Å². The normalized spacial score (nSPS) is 32.0. The van der Waals surface area contributed by atoms with Crippen molar-refractivity contribution in [1.82, 2.24) is 38.7 Å². The van der Waals surface area contributed by atoms with Crippen molar-refractivity contribution >= 4 is 126 Å². The molecule has 4 aromatic carbocycles. The fourth-order valence-electron chi connectivity index (χ4n) is 31.0. The number of aromatic nitrogens is 4. The molecule has 0 amide bonds. The number of ketones is 1. The largest absolute Gasteiger partial charge is 1.00 e. The van der Waals surface area contributed by atoms with Gasteiger partial charge in [0, 0.05) is 115 Å². The van der Waals surface area contributed by atoms with Crippen LogP contribution in [-0.4, -0.2) is 209 Å². The number of piperidine rings is 8. The Kier molecular flexibility index (Phi) is 41.4. The summed E-state index contributed by atoms with van der Waals surface area (Å²) in [4.78, 5) is 91.9. The molecule has 0 spiro atoms. The first-order valence-corrected chi connectivity index (χ1v) is 59.8. The molecule has 22 rings (SSSR count). The summed E-state index contributed by atoms with van der Waals surface area (Å²) in [6.45, 7) is 6.24. The summed E-state index contributed by atoms with van der Waals surface area (Å²) < 4.78 is 28.8. The number of para-hydroxylation sites is 7. The van der Waals surface area contributed by atoms with Crippen molar-refractivity contribution in [3.05, 3.63) is 103 Å². The van der Waals surface area contributed by atoms with Crippen LogP contribution in [0.1, 0.15) is 334 Å². The Morgan fingerprint density at radius 2 is 0.720 bits per heavy atom. The predicted octanol–water partition coefficient (Wildman–Crippen LogP) is 21.1. The predicted molar refractivity (Wildman–Crippen MR) is 566 cm³/mol. The summed E-state index contributed by atoms with van der Waals surface area (Å²) >= 11 is 13.8. The monoisotopic (exact) mass is 2060 g/mol. The summed E-state index contributed by atoms with van der Waals surface area (Å²) in [7, 11) is 0. The Balaban J connectivity index is 0.000000137. The molecule has 16 bridgehead atoms. The summed E-state index contributed by atoms with van der Waals surface area (Å²) in [6.07, 6.45) is 63.4. The number of carboxylic acid groups (broad SMARTS) is 1. The van der Waals surface area contributed by atoms with Gasteiger partial charge in [0.25, 0.3) is 0 Å². The fourth-order valence-corrected chi connectivity index (χ4v) is 31.0. The number of nitrogen functional groups attached to an aromatic ring is 1. The fraction of sp³-hybridized carbons (Fsp3) is 0.714. The van der Waals surface area contributed by atoms with Gasteiger partial charge >= 0.3 is 58.6 Å². The number of aliphatic imine (C=N–C) groups is 1. The Labute approximate surface area is 886 Å². The number of nitrogens with zero attached hydrogens (tertiary/aromatic N) is 9. The van der Waals surface area contributed by atoms with E-state index >= 15 is 0 Å². The zero-order valence-corrected chi connectivity index (χ0v) is 90.9. The molecule has 16 aliphatic rings. The second kappa shape index (κ2) is 53.4. The minimum atomic E-state index is -3.22. The van der Waals surface area contributed by atoms with Crippen LogP contribution in [0, 0.1) is 47.3 Å². The number of anilines is 5. The molecule has 8 N–H and O–H groups in total. The van der Waals surface area contributed by atoms with E-state index in [1.54, 1.807) is 13.8 Å². The van der Waals surface area contributed by atoms with Crippen LogP contribution < -0.4 is 56.6 Å². The van der Waals surface area contributed by atoms with Crippen LogP contribution in [0.2, 0.25) is 0 Å². The van der Waals surface area contributed by atoms with Crippen molar-refractivity contribution in [3.8, 4) is 0 Å². The van der Waals surface area contributed by atoms with E-state index in [-0.39, 0.29) is 85.2 Å². The van der Waals surface area contributed by atoms with E-state index < -0.39 is 17.1 Å². The number of fused-ring (bicyclic) bond motifs is 18. The van der Waals surface area contributed by atoms with Gasteiger partial charge in [-0.05, 0) is 330 Å². The smallest absolute Gasteiger partial charge is 0.870 e. The van der Waals surface area contributed by atoms with Crippen molar-refractivity contribution in [3.63, 3.8) is 0 Å². The van der Waals surface area contributed by atoms with E-state index in [1.807, 2.05) is 43.3 Å². The van der Waals surface area contributed by atoms with E-state index in [1.165, 1.54) is 281 Å². The third-order valence-electron chi connectivity index (χ3n) is 35.8. The molecule has 6 aromatic rings. The Morgan fingerprint density at radius 3 is 1.08 bits per heavy atom. The minimum Gasteiger partial charge on any atom is -0.870 e. The summed E-state index contributed by atoms with van der Waals surface area (Å²) in [6, 6.07) is 44.1. The van der Waals surface area contributed by atoms with Gasteiger partial charge in [0.1, 0.15) is 25.4 Å². The van der Waals surface area contributed by atoms with Gasteiger partial charge in [0.2, 0.25) is 18.0 Å². The number of rotatable bonds is 26. The number of aliphatic carboxylic acids is 1. The van der Waals surface area contributed by atoms with Gasteiger partial charge in [-0.3, -0.25) is 48.1 Å². The number of nitrogens with one attached hydrogen (secondary N) is 4. The quantitative estimate of drug-likeness (QED) is 0.00559. The molecule has 8 saturated heterocycles. The molecule has 8 aliphatic heterocycles. The van der Waals surface area contributed by atoms with Crippen LogP contribution in [0.3, 0.4) is 0 Å².